The molecule has 1 fully saturated rings. The number of rotatable bonds is 5. The molecule has 2 aromatic rings. The smallest absolute Gasteiger partial charge is 0.322 e. The molecule has 0 radical (unpaired) electrons. The molecule has 132 valence electrons. The highest BCUT2D eigenvalue weighted by Crippen LogP contribution is 2.31. The molecule has 0 aromatic heterocycles. The van der Waals surface area contributed by atoms with Crippen LogP contribution in [0.4, 0.5) is 0 Å². The maximum Gasteiger partial charge on any atom is 0.322 e. The second-order valence-electron chi connectivity index (χ2n) is 5.62. The number of nitrogens with zero attached hydrogens (tertiary/aromatic N) is 1. The van der Waals surface area contributed by atoms with Crippen molar-refractivity contribution in [3.05, 3.63) is 53.6 Å². The number of aliphatic carboxylic acids is 1. The van der Waals surface area contributed by atoms with Gasteiger partial charge in [-0.25, -0.2) is 8.42 Å². The van der Waals surface area contributed by atoms with Crippen LogP contribution in [-0.2, 0) is 14.8 Å². The van der Waals surface area contributed by atoms with Crippen molar-refractivity contribution in [3.8, 4) is 11.5 Å². The average molecular weight is 382 g/mol. The van der Waals surface area contributed by atoms with E-state index in [0.29, 0.717) is 29.4 Å². The van der Waals surface area contributed by atoms with Crippen LogP contribution in [0.1, 0.15) is 12.8 Å². The average Bonchev–Trinajstić information content (AvgIpc) is 3.08. The normalized spacial score (nSPS) is 18.2. The van der Waals surface area contributed by atoms with Crippen LogP contribution in [0.2, 0.25) is 5.02 Å². The number of benzene rings is 2. The summed E-state index contributed by atoms with van der Waals surface area (Å²) in [5.74, 6) is -0.228. The molecule has 0 spiro atoms. The van der Waals surface area contributed by atoms with E-state index >= 15 is 0 Å². The van der Waals surface area contributed by atoms with Crippen molar-refractivity contribution < 1.29 is 23.1 Å². The molecule has 1 aliphatic heterocycles. The van der Waals surface area contributed by atoms with Crippen LogP contribution in [0.15, 0.2) is 53.4 Å². The van der Waals surface area contributed by atoms with Gasteiger partial charge in [-0.1, -0.05) is 23.7 Å². The standard InChI is InChI=1S/C17H16ClNO5S/c18-14-4-1-2-6-16(14)24-12-7-9-13(10-8-12)25(22,23)19-11-3-5-15(19)17(20)21/h1-2,4,6-10,15H,3,5,11H2,(H,20,21)/t15-/m0/s1. The van der Waals surface area contributed by atoms with Crippen LogP contribution in [0.3, 0.4) is 0 Å². The fourth-order valence-electron chi connectivity index (χ4n) is 2.74. The predicted octanol–water partition coefficient (Wildman–Crippen LogP) is 3.37. The molecule has 0 unspecified atom stereocenters. The van der Waals surface area contributed by atoms with E-state index in [9.17, 15) is 18.3 Å². The molecule has 6 nitrogen and oxygen atoms in total. The number of carbonyl (C=O) groups is 1. The minimum atomic E-state index is -3.86. The molecule has 0 saturated carbocycles. The van der Waals surface area contributed by atoms with Crippen molar-refractivity contribution in [2.75, 3.05) is 6.54 Å². The Morgan fingerprint density at radius 2 is 1.84 bits per heavy atom. The van der Waals surface area contributed by atoms with Crippen LogP contribution >= 0.6 is 11.6 Å². The second-order valence-corrected chi connectivity index (χ2v) is 7.91. The lowest BCUT2D eigenvalue weighted by Crippen LogP contribution is -2.40. The number of hydrogen-bond donors (Lipinski definition) is 1. The van der Waals surface area contributed by atoms with Gasteiger partial charge in [0.15, 0.2) is 0 Å². The summed E-state index contributed by atoms with van der Waals surface area (Å²) in [6.07, 6.45) is 0.853. The van der Waals surface area contributed by atoms with Gasteiger partial charge in [-0.2, -0.15) is 4.31 Å². The number of ether oxygens (including phenoxy) is 1. The molecule has 1 atom stereocenters. The Labute approximate surface area is 150 Å². The Morgan fingerprint density at radius 3 is 2.48 bits per heavy atom. The molecule has 2 aromatic carbocycles. The largest absolute Gasteiger partial charge is 0.480 e. The topological polar surface area (TPSA) is 83.9 Å². The molecule has 0 bridgehead atoms. The fourth-order valence-corrected chi connectivity index (χ4v) is 4.57. The summed E-state index contributed by atoms with van der Waals surface area (Å²) in [6.45, 7) is 0.206. The van der Waals surface area contributed by atoms with E-state index < -0.39 is 22.0 Å². The first-order valence-corrected chi connectivity index (χ1v) is 9.48. The van der Waals surface area contributed by atoms with Gasteiger partial charge in [-0.05, 0) is 49.2 Å². The summed E-state index contributed by atoms with van der Waals surface area (Å²) in [5, 5.41) is 9.63. The summed E-state index contributed by atoms with van der Waals surface area (Å²) in [5.41, 5.74) is 0. The molecular formula is C17H16ClNO5S. The number of para-hydroxylation sites is 1. The van der Waals surface area contributed by atoms with Crippen molar-refractivity contribution in [1.29, 1.82) is 0 Å². The highest BCUT2D eigenvalue weighted by Gasteiger charge is 2.39. The fraction of sp³-hybridized carbons (Fsp3) is 0.235. The quantitative estimate of drug-likeness (QED) is 0.858. The van der Waals surface area contributed by atoms with Crippen LogP contribution in [0, 0.1) is 0 Å². The van der Waals surface area contributed by atoms with Crippen LogP contribution in [0.25, 0.3) is 0 Å². The zero-order chi connectivity index (χ0) is 18.0. The predicted molar refractivity (Wildman–Crippen MR) is 92.5 cm³/mol. The van der Waals surface area contributed by atoms with E-state index in [-0.39, 0.29) is 11.4 Å². The van der Waals surface area contributed by atoms with Gasteiger partial charge in [0.25, 0.3) is 0 Å². The lowest BCUT2D eigenvalue weighted by molar-refractivity contribution is -0.140. The van der Waals surface area contributed by atoms with Gasteiger partial charge >= 0.3 is 5.97 Å². The van der Waals surface area contributed by atoms with Crippen LogP contribution < -0.4 is 4.74 Å². The molecule has 3 rings (SSSR count). The van der Waals surface area contributed by atoms with Gasteiger partial charge < -0.3 is 9.84 Å². The van der Waals surface area contributed by atoms with Gasteiger partial charge in [0, 0.05) is 6.54 Å². The number of carboxylic acid groups (broad SMARTS) is 1. The Kier molecular flexibility index (Phi) is 4.99. The van der Waals surface area contributed by atoms with Gasteiger partial charge in [-0.3, -0.25) is 4.79 Å². The number of carboxylic acids is 1. The third-order valence-corrected chi connectivity index (χ3v) is 6.22. The molecule has 8 heteroatoms. The molecule has 1 aliphatic rings. The summed E-state index contributed by atoms with van der Waals surface area (Å²) in [7, 11) is -3.86. The molecule has 0 amide bonds. The lowest BCUT2D eigenvalue weighted by atomic mass is 10.2. The highest BCUT2D eigenvalue weighted by atomic mass is 35.5. The third-order valence-electron chi connectivity index (χ3n) is 3.98. The maximum atomic E-state index is 12.7. The van der Waals surface area contributed by atoms with E-state index in [0.717, 1.165) is 4.31 Å². The van der Waals surface area contributed by atoms with E-state index in [4.69, 9.17) is 16.3 Å². The summed E-state index contributed by atoms with van der Waals surface area (Å²) in [4.78, 5) is 11.3. The van der Waals surface area contributed by atoms with Crippen molar-refractivity contribution >= 4 is 27.6 Å². The Balaban J connectivity index is 1.82. The first kappa shape index (κ1) is 17.7. The van der Waals surface area contributed by atoms with Gasteiger partial charge in [0.1, 0.15) is 17.5 Å². The Morgan fingerprint density at radius 1 is 1.16 bits per heavy atom. The van der Waals surface area contributed by atoms with Crippen LogP contribution in [-0.4, -0.2) is 36.4 Å². The monoisotopic (exact) mass is 381 g/mol. The van der Waals surface area contributed by atoms with Crippen molar-refractivity contribution in [1.82, 2.24) is 4.31 Å². The Bertz CT molecular complexity index is 882. The summed E-state index contributed by atoms with van der Waals surface area (Å²) >= 11 is 6.03. The summed E-state index contributed by atoms with van der Waals surface area (Å²) in [6, 6.07) is 11.8. The number of sulfonamides is 1. The zero-order valence-electron chi connectivity index (χ0n) is 13.1. The zero-order valence-corrected chi connectivity index (χ0v) is 14.7. The number of halogens is 1. The molecule has 1 N–H and O–H groups in total. The van der Waals surface area contributed by atoms with Crippen molar-refractivity contribution in [2.45, 2.75) is 23.8 Å². The van der Waals surface area contributed by atoms with E-state index in [1.807, 2.05) is 0 Å². The van der Waals surface area contributed by atoms with Gasteiger partial charge in [0.2, 0.25) is 10.0 Å². The highest BCUT2D eigenvalue weighted by molar-refractivity contribution is 7.89. The molecule has 0 aliphatic carbocycles. The SMILES string of the molecule is O=C(O)[C@@H]1CCCN1S(=O)(=O)c1ccc(Oc2ccccc2Cl)cc1. The third kappa shape index (κ3) is 3.63. The molecule has 1 saturated heterocycles. The van der Waals surface area contributed by atoms with E-state index in [1.165, 1.54) is 24.3 Å². The van der Waals surface area contributed by atoms with Gasteiger partial charge in [0.05, 0.1) is 9.92 Å². The van der Waals surface area contributed by atoms with Gasteiger partial charge in [-0.15, -0.1) is 0 Å². The van der Waals surface area contributed by atoms with E-state index in [1.54, 1.807) is 24.3 Å². The first-order chi connectivity index (χ1) is 11.9. The molecule has 1 heterocycles. The number of hydrogen-bond acceptors (Lipinski definition) is 4. The lowest BCUT2D eigenvalue weighted by Gasteiger charge is -2.21. The van der Waals surface area contributed by atoms with Crippen molar-refractivity contribution in [2.24, 2.45) is 0 Å². The second kappa shape index (κ2) is 7.03. The molecule has 25 heavy (non-hydrogen) atoms. The maximum absolute atomic E-state index is 12.7. The van der Waals surface area contributed by atoms with Crippen LogP contribution in [0.5, 0.6) is 11.5 Å². The van der Waals surface area contributed by atoms with Crippen molar-refractivity contribution in [3.63, 3.8) is 0 Å². The first-order valence-electron chi connectivity index (χ1n) is 7.67. The van der Waals surface area contributed by atoms with E-state index in [2.05, 4.69) is 0 Å². The summed E-state index contributed by atoms with van der Waals surface area (Å²) < 4.78 is 32.0. The molecular weight excluding hydrogens is 366 g/mol. The minimum Gasteiger partial charge on any atom is -0.480 e. The minimum absolute atomic E-state index is 0.0344. The Hall–Kier alpha value is -2.09.